The molecule has 0 saturated carbocycles. The van der Waals surface area contributed by atoms with Crippen molar-refractivity contribution in [2.45, 2.75) is 18.4 Å². The van der Waals surface area contributed by atoms with Crippen molar-refractivity contribution in [3.63, 3.8) is 0 Å². The van der Waals surface area contributed by atoms with Gasteiger partial charge in [-0.25, -0.2) is 8.42 Å². The Hall–Kier alpha value is -2.22. The number of carbonyl (C=O) groups is 1. The molecule has 2 aromatic carbocycles. The highest BCUT2D eigenvalue weighted by atomic mass is 32.2. The molecule has 0 unspecified atom stereocenters. The number of sulfonamides is 1. The molecule has 1 atom stereocenters. The molecule has 0 aromatic heterocycles. The van der Waals surface area contributed by atoms with Gasteiger partial charge >= 0.3 is 5.97 Å². The van der Waals surface area contributed by atoms with Gasteiger partial charge in [-0.1, -0.05) is 60.7 Å². The molecule has 0 aliphatic carbocycles. The predicted octanol–water partition coefficient (Wildman–Crippen LogP) is 1.78. The Bertz CT molecular complexity index is 747. The quantitative estimate of drug-likeness (QED) is 0.720. The number of aliphatic carboxylic acids is 1. The third-order valence-electron chi connectivity index (χ3n) is 3.22. The zero-order chi connectivity index (χ0) is 17.4. The van der Waals surface area contributed by atoms with Crippen LogP contribution in [0.2, 0.25) is 0 Å². The first-order valence-corrected chi connectivity index (χ1v) is 9.00. The van der Waals surface area contributed by atoms with Crippen LogP contribution in [0.1, 0.15) is 11.1 Å². The lowest BCUT2D eigenvalue weighted by molar-refractivity contribution is -0.140. The van der Waals surface area contributed by atoms with E-state index in [-0.39, 0.29) is 19.0 Å². The second-order valence-electron chi connectivity index (χ2n) is 5.25. The molecular weight excluding hydrogens is 330 g/mol. The summed E-state index contributed by atoms with van der Waals surface area (Å²) in [6.07, 6.45) is 0. The summed E-state index contributed by atoms with van der Waals surface area (Å²) in [5, 5.41) is 9.19. The van der Waals surface area contributed by atoms with Crippen LogP contribution in [-0.4, -0.2) is 32.1 Å². The number of nitrogens with one attached hydrogen (secondary N) is 1. The van der Waals surface area contributed by atoms with Gasteiger partial charge < -0.3 is 9.84 Å². The van der Waals surface area contributed by atoms with Crippen LogP contribution >= 0.6 is 0 Å². The molecule has 6 nitrogen and oxygen atoms in total. The molecule has 0 saturated heterocycles. The molecule has 2 aromatic rings. The van der Waals surface area contributed by atoms with Crippen molar-refractivity contribution in [2.24, 2.45) is 0 Å². The Morgan fingerprint density at radius 2 is 1.54 bits per heavy atom. The van der Waals surface area contributed by atoms with E-state index < -0.39 is 22.0 Å². The van der Waals surface area contributed by atoms with E-state index in [0.29, 0.717) is 5.56 Å². The molecule has 2 rings (SSSR count). The Morgan fingerprint density at radius 1 is 1.00 bits per heavy atom. The summed E-state index contributed by atoms with van der Waals surface area (Å²) in [4.78, 5) is 11.3. The van der Waals surface area contributed by atoms with Gasteiger partial charge in [-0.05, 0) is 11.1 Å². The Kier molecular flexibility index (Phi) is 6.48. The van der Waals surface area contributed by atoms with Gasteiger partial charge in [0.25, 0.3) is 0 Å². The number of benzene rings is 2. The molecule has 0 radical (unpaired) electrons. The summed E-state index contributed by atoms with van der Waals surface area (Å²) in [6, 6.07) is 16.5. The number of rotatable bonds is 9. The molecule has 0 amide bonds. The Morgan fingerprint density at radius 3 is 2.08 bits per heavy atom. The SMILES string of the molecule is O=C(O)[C@@H](COCc1ccccc1)NS(=O)(=O)Cc1ccccc1. The topological polar surface area (TPSA) is 92.7 Å². The third-order valence-corrected chi connectivity index (χ3v) is 4.57. The van der Waals surface area contributed by atoms with Crippen molar-refractivity contribution in [3.05, 3.63) is 71.8 Å². The van der Waals surface area contributed by atoms with Gasteiger partial charge in [0.1, 0.15) is 6.04 Å². The molecule has 0 fully saturated rings. The number of hydrogen-bond donors (Lipinski definition) is 2. The van der Waals surface area contributed by atoms with E-state index in [9.17, 15) is 18.3 Å². The summed E-state index contributed by atoms with van der Waals surface area (Å²) in [5.74, 6) is -1.56. The van der Waals surface area contributed by atoms with Gasteiger partial charge in [0.2, 0.25) is 10.0 Å². The molecular formula is C17H19NO5S. The zero-order valence-electron chi connectivity index (χ0n) is 13.0. The van der Waals surface area contributed by atoms with Crippen LogP contribution in [0.3, 0.4) is 0 Å². The van der Waals surface area contributed by atoms with Crippen LogP contribution in [0.25, 0.3) is 0 Å². The second-order valence-corrected chi connectivity index (χ2v) is 7.01. The van der Waals surface area contributed by atoms with Crippen molar-refractivity contribution < 1.29 is 23.1 Å². The van der Waals surface area contributed by atoms with E-state index in [2.05, 4.69) is 4.72 Å². The van der Waals surface area contributed by atoms with E-state index in [0.717, 1.165) is 5.56 Å². The highest BCUT2D eigenvalue weighted by Gasteiger charge is 2.24. The van der Waals surface area contributed by atoms with E-state index in [1.165, 1.54) is 0 Å². The first kappa shape index (κ1) is 18.1. The highest BCUT2D eigenvalue weighted by Crippen LogP contribution is 2.06. The van der Waals surface area contributed by atoms with Crippen molar-refractivity contribution in [3.8, 4) is 0 Å². The van der Waals surface area contributed by atoms with Crippen molar-refractivity contribution in [2.75, 3.05) is 6.61 Å². The lowest BCUT2D eigenvalue weighted by atomic mass is 10.2. The van der Waals surface area contributed by atoms with Crippen LogP contribution in [0.5, 0.6) is 0 Å². The molecule has 0 spiro atoms. The minimum Gasteiger partial charge on any atom is -0.480 e. The summed E-state index contributed by atoms with van der Waals surface area (Å²) in [6.45, 7) is -0.0384. The maximum atomic E-state index is 12.1. The molecule has 128 valence electrons. The van der Waals surface area contributed by atoms with Gasteiger partial charge in [0.15, 0.2) is 0 Å². The average Bonchev–Trinajstić information content (AvgIpc) is 2.55. The van der Waals surface area contributed by atoms with Gasteiger partial charge in [-0.3, -0.25) is 4.79 Å². The lowest BCUT2D eigenvalue weighted by Gasteiger charge is -2.15. The van der Waals surface area contributed by atoms with E-state index in [1.54, 1.807) is 30.3 Å². The smallest absolute Gasteiger partial charge is 0.324 e. The average molecular weight is 349 g/mol. The second kappa shape index (κ2) is 8.58. The lowest BCUT2D eigenvalue weighted by Crippen LogP contribution is -2.44. The molecule has 24 heavy (non-hydrogen) atoms. The van der Waals surface area contributed by atoms with Crippen LogP contribution in [-0.2, 0) is 31.9 Å². The number of carboxylic acid groups (broad SMARTS) is 1. The fourth-order valence-corrected chi connectivity index (χ4v) is 3.39. The standard InChI is InChI=1S/C17H19NO5S/c19-17(20)16(12-23-11-14-7-3-1-4-8-14)18-24(21,22)13-15-9-5-2-6-10-15/h1-10,16,18H,11-13H2,(H,19,20)/t16-/m1/s1. The minimum atomic E-state index is -3.78. The van der Waals surface area contributed by atoms with Crippen molar-refractivity contribution in [1.82, 2.24) is 4.72 Å². The summed E-state index contributed by atoms with van der Waals surface area (Å²) < 4.78 is 31.7. The first-order chi connectivity index (χ1) is 11.5. The number of ether oxygens (including phenoxy) is 1. The van der Waals surface area contributed by atoms with Gasteiger partial charge in [0, 0.05) is 0 Å². The predicted molar refractivity (Wildman–Crippen MR) is 89.7 cm³/mol. The number of hydrogen-bond acceptors (Lipinski definition) is 4. The highest BCUT2D eigenvalue weighted by molar-refractivity contribution is 7.88. The summed E-state index contributed by atoms with van der Waals surface area (Å²) >= 11 is 0. The van der Waals surface area contributed by atoms with Crippen LogP contribution in [0, 0.1) is 0 Å². The Balaban J connectivity index is 1.91. The van der Waals surface area contributed by atoms with E-state index in [4.69, 9.17) is 4.74 Å². The fraction of sp³-hybridized carbons (Fsp3) is 0.235. The monoisotopic (exact) mass is 349 g/mol. The minimum absolute atomic E-state index is 0.213. The zero-order valence-corrected chi connectivity index (χ0v) is 13.8. The van der Waals surface area contributed by atoms with Gasteiger partial charge in [0.05, 0.1) is 19.0 Å². The summed E-state index contributed by atoms with van der Waals surface area (Å²) in [7, 11) is -3.78. The maximum Gasteiger partial charge on any atom is 0.324 e. The fourth-order valence-electron chi connectivity index (χ4n) is 2.08. The molecule has 7 heteroatoms. The number of carboxylic acids is 1. The van der Waals surface area contributed by atoms with Gasteiger partial charge in [-0.2, -0.15) is 4.72 Å². The van der Waals surface area contributed by atoms with Crippen LogP contribution < -0.4 is 4.72 Å². The molecule has 0 bridgehead atoms. The van der Waals surface area contributed by atoms with Crippen LogP contribution in [0.15, 0.2) is 60.7 Å². The maximum absolute atomic E-state index is 12.1. The molecule has 2 N–H and O–H groups in total. The third kappa shape index (κ3) is 6.11. The molecule has 0 aliphatic rings. The Labute approximate surface area is 141 Å². The normalized spacial score (nSPS) is 12.7. The first-order valence-electron chi connectivity index (χ1n) is 7.35. The molecule has 0 heterocycles. The van der Waals surface area contributed by atoms with Crippen molar-refractivity contribution >= 4 is 16.0 Å². The van der Waals surface area contributed by atoms with Crippen molar-refractivity contribution in [1.29, 1.82) is 0 Å². The van der Waals surface area contributed by atoms with Crippen LogP contribution in [0.4, 0.5) is 0 Å². The summed E-state index contributed by atoms with van der Waals surface area (Å²) in [5.41, 5.74) is 1.47. The molecule has 0 aliphatic heterocycles. The largest absolute Gasteiger partial charge is 0.480 e. The van der Waals surface area contributed by atoms with E-state index >= 15 is 0 Å². The van der Waals surface area contributed by atoms with Gasteiger partial charge in [-0.15, -0.1) is 0 Å². The van der Waals surface area contributed by atoms with E-state index in [1.807, 2.05) is 30.3 Å².